The average Bonchev–Trinajstić information content (AvgIpc) is 2.70. The van der Waals surface area contributed by atoms with Crippen molar-refractivity contribution in [1.82, 2.24) is 10.0 Å². The van der Waals surface area contributed by atoms with E-state index in [4.69, 9.17) is 5.73 Å². The molecule has 0 aliphatic carbocycles. The number of anilines is 1. The van der Waals surface area contributed by atoms with Crippen molar-refractivity contribution in [1.29, 1.82) is 0 Å². The van der Waals surface area contributed by atoms with E-state index in [9.17, 15) is 13.2 Å². The van der Waals surface area contributed by atoms with E-state index in [0.29, 0.717) is 23.4 Å². The summed E-state index contributed by atoms with van der Waals surface area (Å²) in [5, 5.41) is 2.60. The topological polar surface area (TPSA) is 101 Å². The van der Waals surface area contributed by atoms with Gasteiger partial charge in [-0.25, -0.2) is 13.1 Å². The number of sulfonamides is 1. The molecule has 4 N–H and O–H groups in total. The van der Waals surface area contributed by atoms with Crippen LogP contribution in [-0.4, -0.2) is 26.9 Å². The lowest BCUT2D eigenvalue weighted by molar-refractivity contribution is -0.119. The molecule has 110 valence electrons. The van der Waals surface area contributed by atoms with Gasteiger partial charge in [0.05, 0.1) is 4.90 Å². The molecule has 20 heavy (non-hydrogen) atoms. The predicted molar refractivity (Wildman–Crippen MR) is 76.8 cm³/mol. The van der Waals surface area contributed by atoms with E-state index >= 15 is 0 Å². The summed E-state index contributed by atoms with van der Waals surface area (Å²) < 4.78 is 27.6. The molecule has 0 bridgehead atoms. The summed E-state index contributed by atoms with van der Waals surface area (Å²) in [6.07, 6.45) is 0.165. The van der Waals surface area contributed by atoms with Gasteiger partial charge in [0, 0.05) is 24.7 Å². The van der Waals surface area contributed by atoms with E-state index < -0.39 is 16.1 Å². The molecule has 1 aromatic rings. The Balaban J connectivity index is 2.40. The Hall–Kier alpha value is -1.60. The maximum Gasteiger partial charge on any atom is 0.241 e. The van der Waals surface area contributed by atoms with Crippen LogP contribution in [0.2, 0.25) is 0 Å². The van der Waals surface area contributed by atoms with Gasteiger partial charge in [-0.05, 0) is 37.5 Å². The summed E-state index contributed by atoms with van der Waals surface area (Å²) in [6, 6.07) is 1.35. The Bertz CT molecular complexity index is 668. The van der Waals surface area contributed by atoms with Gasteiger partial charge in [0.15, 0.2) is 0 Å². The molecule has 7 heteroatoms. The second-order valence-corrected chi connectivity index (χ2v) is 6.86. The zero-order valence-corrected chi connectivity index (χ0v) is 12.6. The van der Waals surface area contributed by atoms with Crippen LogP contribution >= 0.6 is 0 Å². The van der Waals surface area contributed by atoms with Gasteiger partial charge in [-0.15, -0.1) is 0 Å². The summed E-state index contributed by atoms with van der Waals surface area (Å²) in [6.45, 7) is 5.60. The van der Waals surface area contributed by atoms with Gasteiger partial charge in [-0.3, -0.25) is 4.79 Å². The molecule has 1 amide bonds. The number of nitrogens with one attached hydrogen (secondary N) is 2. The van der Waals surface area contributed by atoms with Crippen molar-refractivity contribution < 1.29 is 13.2 Å². The van der Waals surface area contributed by atoms with E-state index in [1.54, 1.807) is 19.9 Å². The van der Waals surface area contributed by atoms with E-state index in [1.807, 2.05) is 6.92 Å². The highest BCUT2D eigenvalue weighted by molar-refractivity contribution is 7.89. The zero-order valence-electron chi connectivity index (χ0n) is 11.8. The molecule has 1 aliphatic rings. The van der Waals surface area contributed by atoms with Gasteiger partial charge < -0.3 is 11.1 Å². The van der Waals surface area contributed by atoms with Crippen molar-refractivity contribution in [3.63, 3.8) is 0 Å². The predicted octanol–water partition coefficient (Wildman–Crippen LogP) is 0.361. The number of rotatable bonds is 3. The van der Waals surface area contributed by atoms with Crippen LogP contribution in [0.4, 0.5) is 5.69 Å². The van der Waals surface area contributed by atoms with Gasteiger partial charge >= 0.3 is 0 Å². The number of amides is 1. The van der Waals surface area contributed by atoms with Crippen LogP contribution in [0.15, 0.2) is 11.0 Å². The second kappa shape index (κ2) is 5.06. The molecule has 0 spiro atoms. The number of benzene rings is 1. The van der Waals surface area contributed by atoms with E-state index in [1.165, 1.54) is 0 Å². The monoisotopic (exact) mass is 297 g/mol. The molecule has 1 aliphatic heterocycles. The number of nitrogens with two attached hydrogens (primary N) is 1. The van der Waals surface area contributed by atoms with Crippen molar-refractivity contribution in [3.05, 3.63) is 22.8 Å². The number of hydrogen-bond donors (Lipinski definition) is 3. The highest BCUT2D eigenvalue weighted by Gasteiger charge is 2.29. The van der Waals surface area contributed by atoms with Crippen molar-refractivity contribution in [2.45, 2.75) is 38.1 Å². The van der Waals surface area contributed by atoms with Gasteiger partial charge in [0.1, 0.15) is 0 Å². The summed E-state index contributed by atoms with van der Waals surface area (Å²) in [5.41, 5.74) is 8.46. The van der Waals surface area contributed by atoms with Gasteiger partial charge in [-0.1, -0.05) is 6.07 Å². The largest absolute Gasteiger partial charge is 0.398 e. The van der Waals surface area contributed by atoms with Crippen molar-refractivity contribution in [2.75, 3.05) is 12.3 Å². The first kappa shape index (κ1) is 14.8. The fourth-order valence-corrected chi connectivity index (χ4v) is 4.28. The van der Waals surface area contributed by atoms with E-state index in [-0.39, 0.29) is 17.2 Å². The minimum absolute atomic E-state index is 0.144. The third-order valence-corrected chi connectivity index (χ3v) is 5.34. The lowest BCUT2D eigenvalue weighted by Gasteiger charge is -2.17. The first-order chi connectivity index (χ1) is 9.22. The summed E-state index contributed by atoms with van der Waals surface area (Å²) in [5.74, 6) is -0.144. The van der Waals surface area contributed by atoms with Crippen molar-refractivity contribution >= 4 is 21.6 Å². The van der Waals surface area contributed by atoms with E-state index in [0.717, 1.165) is 5.56 Å². The molecule has 0 saturated carbocycles. The number of nitrogen functional groups attached to an aromatic ring is 1. The lowest BCUT2D eigenvalue weighted by Crippen LogP contribution is -2.37. The van der Waals surface area contributed by atoms with Crippen LogP contribution in [0, 0.1) is 20.8 Å². The van der Waals surface area contributed by atoms with Crippen LogP contribution in [0.1, 0.15) is 23.1 Å². The Morgan fingerprint density at radius 1 is 1.30 bits per heavy atom. The molecule has 0 radical (unpaired) electrons. The number of hydrogen-bond acceptors (Lipinski definition) is 4. The lowest BCUT2D eigenvalue weighted by atomic mass is 10.1. The molecule has 6 nitrogen and oxygen atoms in total. The standard InChI is InChI=1S/C13H19N3O3S/c1-7-4-8(2)13(9(3)12(7)14)20(18,19)16-10-5-11(17)15-6-10/h4,10,16H,5-6,14H2,1-3H3,(H,15,17). The zero-order chi connectivity index (χ0) is 15.1. The Labute approximate surface area is 118 Å². The Morgan fingerprint density at radius 3 is 2.50 bits per heavy atom. The minimum Gasteiger partial charge on any atom is -0.398 e. The molecule has 1 saturated heterocycles. The third-order valence-electron chi connectivity index (χ3n) is 3.53. The van der Waals surface area contributed by atoms with Gasteiger partial charge in [0.2, 0.25) is 15.9 Å². The fourth-order valence-electron chi connectivity index (χ4n) is 2.56. The Morgan fingerprint density at radius 2 is 1.95 bits per heavy atom. The number of carbonyl (C=O) groups is 1. The molecule has 1 atom stereocenters. The van der Waals surface area contributed by atoms with Crippen LogP contribution < -0.4 is 15.8 Å². The van der Waals surface area contributed by atoms with Gasteiger partial charge in [0.25, 0.3) is 0 Å². The van der Waals surface area contributed by atoms with Gasteiger partial charge in [-0.2, -0.15) is 0 Å². The van der Waals surface area contributed by atoms with Crippen molar-refractivity contribution in [2.24, 2.45) is 0 Å². The van der Waals surface area contributed by atoms with Crippen LogP contribution in [-0.2, 0) is 14.8 Å². The first-order valence-electron chi connectivity index (χ1n) is 6.37. The molecule has 1 heterocycles. The molecule has 2 rings (SSSR count). The maximum absolute atomic E-state index is 12.5. The summed E-state index contributed by atoms with van der Waals surface area (Å²) in [7, 11) is -3.69. The quantitative estimate of drug-likeness (QED) is 0.701. The summed E-state index contributed by atoms with van der Waals surface area (Å²) >= 11 is 0. The minimum atomic E-state index is -3.69. The van der Waals surface area contributed by atoms with E-state index in [2.05, 4.69) is 10.0 Å². The molecule has 1 fully saturated rings. The first-order valence-corrected chi connectivity index (χ1v) is 7.86. The van der Waals surface area contributed by atoms with Crippen molar-refractivity contribution in [3.8, 4) is 0 Å². The molecule has 1 aromatic carbocycles. The smallest absolute Gasteiger partial charge is 0.241 e. The van der Waals surface area contributed by atoms with Crippen LogP contribution in [0.3, 0.4) is 0 Å². The average molecular weight is 297 g/mol. The maximum atomic E-state index is 12.5. The number of carbonyl (C=O) groups excluding carboxylic acids is 1. The van der Waals surface area contributed by atoms with Crippen LogP contribution in [0.25, 0.3) is 0 Å². The molecular formula is C13H19N3O3S. The molecule has 1 unspecified atom stereocenters. The Kier molecular flexibility index (Phi) is 3.75. The molecular weight excluding hydrogens is 278 g/mol. The highest BCUT2D eigenvalue weighted by Crippen LogP contribution is 2.28. The van der Waals surface area contributed by atoms with Crippen LogP contribution in [0.5, 0.6) is 0 Å². The SMILES string of the molecule is Cc1cc(C)c(S(=O)(=O)NC2CNC(=O)C2)c(C)c1N. The number of aryl methyl sites for hydroxylation is 2. The molecule has 0 aromatic heterocycles. The second-order valence-electron chi connectivity index (χ2n) is 5.20. The normalized spacial score (nSPS) is 19.1. The third kappa shape index (κ3) is 2.64. The highest BCUT2D eigenvalue weighted by atomic mass is 32.2. The summed E-state index contributed by atoms with van der Waals surface area (Å²) in [4.78, 5) is 11.4. The fraction of sp³-hybridized carbons (Fsp3) is 0.462.